The van der Waals surface area contributed by atoms with Crippen LogP contribution in [-0.2, 0) is 9.53 Å². The molecule has 130 valence electrons. The van der Waals surface area contributed by atoms with Crippen LogP contribution in [-0.4, -0.2) is 29.0 Å². The third-order valence-electron chi connectivity index (χ3n) is 3.60. The number of hydrogen-bond donors (Lipinski definition) is 1. The number of hydrogen-bond acceptors (Lipinski definition) is 5. The fraction of sp³-hybridized carbons (Fsp3) is 0.278. The van der Waals surface area contributed by atoms with Crippen LogP contribution in [0.2, 0.25) is 5.02 Å². The van der Waals surface area contributed by atoms with E-state index in [0.717, 1.165) is 17.7 Å². The Hall–Kier alpha value is -2.05. The fourth-order valence-corrected chi connectivity index (χ4v) is 3.06. The highest BCUT2D eigenvalue weighted by molar-refractivity contribution is 7.99. The number of esters is 1. The first-order valence-electron chi connectivity index (χ1n) is 7.93. The minimum Gasteiger partial charge on any atom is -0.449 e. The van der Waals surface area contributed by atoms with Crippen molar-refractivity contribution in [3.63, 3.8) is 0 Å². The van der Waals surface area contributed by atoms with Crippen LogP contribution in [0.25, 0.3) is 0 Å². The molecule has 7 heteroatoms. The maximum atomic E-state index is 12.4. The van der Waals surface area contributed by atoms with Gasteiger partial charge in [0.2, 0.25) is 0 Å². The van der Waals surface area contributed by atoms with Crippen LogP contribution >= 0.6 is 23.4 Å². The second kappa shape index (κ2) is 7.89. The predicted octanol–water partition coefficient (Wildman–Crippen LogP) is 3.71. The minimum atomic E-state index is -0.846. The van der Waals surface area contributed by atoms with Crippen molar-refractivity contribution in [1.82, 2.24) is 10.3 Å². The molecule has 0 unspecified atom stereocenters. The van der Waals surface area contributed by atoms with Gasteiger partial charge in [0.15, 0.2) is 6.10 Å². The second-order valence-corrected chi connectivity index (χ2v) is 7.24. The first-order valence-corrected chi connectivity index (χ1v) is 9.12. The molecule has 1 aliphatic carbocycles. The molecule has 0 radical (unpaired) electrons. The number of nitrogens with one attached hydrogen (secondary N) is 1. The molecule has 25 heavy (non-hydrogen) atoms. The molecule has 1 heterocycles. The van der Waals surface area contributed by atoms with E-state index in [4.69, 9.17) is 16.3 Å². The smallest absolute Gasteiger partial charge is 0.341 e. The van der Waals surface area contributed by atoms with Crippen molar-refractivity contribution >= 4 is 35.2 Å². The first-order chi connectivity index (χ1) is 12.0. The molecular formula is C18H17ClN2O3S. The van der Waals surface area contributed by atoms with Gasteiger partial charge in [0.1, 0.15) is 5.03 Å². The lowest BCUT2D eigenvalue weighted by molar-refractivity contribution is -0.129. The molecule has 1 aliphatic rings. The number of halogens is 1. The molecule has 1 saturated carbocycles. The molecule has 1 amide bonds. The first kappa shape index (κ1) is 17.8. The summed E-state index contributed by atoms with van der Waals surface area (Å²) in [5, 5.41) is 3.98. The number of carbonyl (C=O) groups is 2. The number of amides is 1. The zero-order valence-electron chi connectivity index (χ0n) is 13.6. The Labute approximate surface area is 155 Å². The second-order valence-electron chi connectivity index (χ2n) is 5.74. The monoisotopic (exact) mass is 376 g/mol. The molecule has 1 fully saturated rings. The highest BCUT2D eigenvalue weighted by atomic mass is 35.5. The molecular weight excluding hydrogens is 360 g/mol. The van der Waals surface area contributed by atoms with E-state index in [9.17, 15) is 9.59 Å². The van der Waals surface area contributed by atoms with Gasteiger partial charge in [-0.25, -0.2) is 9.78 Å². The number of rotatable bonds is 6. The van der Waals surface area contributed by atoms with Crippen LogP contribution in [0.3, 0.4) is 0 Å². The molecule has 5 nitrogen and oxygen atoms in total. The summed E-state index contributed by atoms with van der Waals surface area (Å²) < 4.78 is 5.30. The third kappa shape index (κ3) is 4.96. The lowest BCUT2D eigenvalue weighted by Crippen LogP contribution is -2.37. The van der Waals surface area contributed by atoms with Crippen LogP contribution in [0.5, 0.6) is 0 Å². The van der Waals surface area contributed by atoms with Crippen molar-refractivity contribution in [2.75, 3.05) is 0 Å². The van der Waals surface area contributed by atoms with Gasteiger partial charge in [-0.15, -0.1) is 0 Å². The lowest BCUT2D eigenvalue weighted by Gasteiger charge is -2.14. The summed E-state index contributed by atoms with van der Waals surface area (Å²) in [6, 6.07) is 10.8. The van der Waals surface area contributed by atoms with Gasteiger partial charge in [-0.05, 0) is 56.2 Å². The highest BCUT2D eigenvalue weighted by Gasteiger charge is 2.28. The van der Waals surface area contributed by atoms with Gasteiger partial charge in [-0.2, -0.15) is 0 Å². The quantitative estimate of drug-likeness (QED) is 0.778. The maximum Gasteiger partial charge on any atom is 0.341 e. The van der Waals surface area contributed by atoms with Gasteiger partial charge in [0.05, 0.1) is 5.56 Å². The SMILES string of the molecule is C[C@H](OC(=O)c1cccnc1Sc1ccc(Cl)cc1)C(=O)NC1CC1. The maximum absolute atomic E-state index is 12.4. The number of pyridine rings is 1. The van der Waals surface area contributed by atoms with Crippen LogP contribution in [0.1, 0.15) is 30.1 Å². The Kier molecular flexibility index (Phi) is 5.60. The number of aromatic nitrogens is 1. The number of benzene rings is 1. The van der Waals surface area contributed by atoms with Gasteiger partial charge in [-0.1, -0.05) is 23.4 Å². The standard InChI is InChI=1S/C18H17ClN2O3S/c1-11(16(22)21-13-6-7-13)24-18(23)15-3-2-10-20-17(15)25-14-8-4-12(19)5-9-14/h2-5,8-11,13H,6-7H2,1H3,(H,21,22)/t11-/m0/s1. The number of ether oxygens (including phenoxy) is 1. The molecule has 1 aromatic heterocycles. The average Bonchev–Trinajstić information content (AvgIpc) is 3.41. The van der Waals surface area contributed by atoms with E-state index >= 15 is 0 Å². The molecule has 0 saturated heterocycles. The van der Waals surface area contributed by atoms with Crippen molar-refractivity contribution < 1.29 is 14.3 Å². The Bertz CT molecular complexity index is 778. The Balaban J connectivity index is 1.69. The van der Waals surface area contributed by atoms with E-state index < -0.39 is 12.1 Å². The van der Waals surface area contributed by atoms with Gasteiger partial charge >= 0.3 is 5.97 Å². The summed E-state index contributed by atoms with van der Waals surface area (Å²) in [4.78, 5) is 29.6. The Morgan fingerprint density at radius 1 is 1.28 bits per heavy atom. The lowest BCUT2D eigenvalue weighted by atomic mass is 10.3. The van der Waals surface area contributed by atoms with Crippen LogP contribution in [0.15, 0.2) is 52.5 Å². The fourth-order valence-electron chi connectivity index (χ4n) is 2.07. The van der Waals surface area contributed by atoms with Crippen LogP contribution in [0, 0.1) is 0 Å². The van der Waals surface area contributed by atoms with E-state index in [1.54, 1.807) is 37.4 Å². The van der Waals surface area contributed by atoms with E-state index in [2.05, 4.69) is 10.3 Å². The Morgan fingerprint density at radius 3 is 2.68 bits per heavy atom. The van der Waals surface area contributed by atoms with Crippen LogP contribution in [0.4, 0.5) is 0 Å². The molecule has 0 spiro atoms. The summed E-state index contributed by atoms with van der Waals surface area (Å²) in [5.74, 6) is -0.838. The molecule has 0 aliphatic heterocycles. The van der Waals surface area contributed by atoms with Crippen molar-refractivity contribution in [3.05, 3.63) is 53.2 Å². The number of nitrogens with zero attached hydrogens (tertiary/aromatic N) is 1. The summed E-state index contributed by atoms with van der Waals surface area (Å²) in [6.45, 7) is 1.57. The van der Waals surface area contributed by atoms with Gasteiger partial charge in [-0.3, -0.25) is 4.79 Å². The topological polar surface area (TPSA) is 68.3 Å². The van der Waals surface area contributed by atoms with Crippen molar-refractivity contribution in [3.8, 4) is 0 Å². The zero-order chi connectivity index (χ0) is 17.8. The van der Waals surface area contributed by atoms with Gasteiger partial charge in [0.25, 0.3) is 5.91 Å². The molecule has 1 atom stereocenters. The van der Waals surface area contributed by atoms with Gasteiger partial charge in [0, 0.05) is 22.2 Å². The normalized spacial score (nSPS) is 14.6. The summed E-state index contributed by atoms with van der Waals surface area (Å²) in [5.41, 5.74) is 0.327. The molecule has 3 rings (SSSR count). The molecule has 0 bridgehead atoms. The Morgan fingerprint density at radius 2 is 2.00 bits per heavy atom. The zero-order valence-corrected chi connectivity index (χ0v) is 15.1. The molecule has 1 aromatic carbocycles. The minimum absolute atomic E-state index is 0.225. The van der Waals surface area contributed by atoms with Crippen molar-refractivity contribution in [2.45, 2.75) is 41.8 Å². The molecule has 2 aromatic rings. The number of carbonyl (C=O) groups excluding carboxylic acids is 2. The third-order valence-corrected chi connectivity index (χ3v) is 4.87. The highest BCUT2D eigenvalue weighted by Crippen LogP contribution is 2.30. The largest absolute Gasteiger partial charge is 0.449 e. The van der Waals surface area contributed by atoms with Crippen molar-refractivity contribution in [2.24, 2.45) is 0 Å². The summed E-state index contributed by atoms with van der Waals surface area (Å²) >= 11 is 7.22. The van der Waals surface area contributed by atoms with E-state index in [0.29, 0.717) is 15.6 Å². The summed E-state index contributed by atoms with van der Waals surface area (Å²) in [6.07, 6.45) is 2.73. The van der Waals surface area contributed by atoms with E-state index in [1.807, 2.05) is 12.1 Å². The van der Waals surface area contributed by atoms with Crippen molar-refractivity contribution in [1.29, 1.82) is 0 Å². The average molecular weight is 377 g/mol. The van der Waals surface area contributed by atoms with E-state index in [1.165, 1.54) is 11.8 Å². The van der Waals surface area contributed by atoms with E-state index in [-0.39, 0.29) is 11.9 Å². The molecule has 1 N–H and O–H groups in total. The predicted molar refractivity (Wildman–Crippen MR) is 95.9 cm³/mol. The van der Waals surface area contributed by atoms with Crippen LogP contribution < -0.4 is 5.32 Å². The van der Waals surface area contributed by atoms with Gasteiger partial charge < -0.3 is 10.1 Å². The summed E-state index contributed by atoms with van der Waals surface area (Å²) in [7, 11) is 0.